The van der Waals surface area contributed by atoms with Gasteiger partial charge in [-0.05, 0) is 132 Å². The predicted molar refractivity (Wildman–Crippen MR) is 148 cm³/mol. The Bertz CT molecular complexity index is 893. The number of rotatable bonds is 4. The normalized spacial score (nSPS) is 54.0. The van der Waals surface area contributed by atoms with Gasteiger partial charge < -0.3 is 14.9 Å². The molecule has 0 aromatic carbocycles. The fraction of sp³-hybridized carbons (Fsp3) is 0.941. The first-order chi connectivity index (χ1) is 17.7. The molecule has 7 aliphatic rings. The van der Waals surface area contributed by atoms with Crippen molar-refractivity contribution in [1.29, 1.82) is 0 Å². The van der Waals surface area contributed by atoms with Crippen molar-refractivity contribution in [1.82, 2.24) is 0 Å². The maximum atomic E-state index is 11.2. The molecule has 0 radical (unpaired) electrons. The molecule has 1 heterocycles. The van der Waals surface area contributed by atoms with Crippen LogP contribution < -0.4 is 0 Å². The Balaban J connectivity index is 1.08. The second-order valence-corrected chi connectivity index (χ2v) is 15.9. The number of hydrogen-bond acceptors (Lipinski definition) is 3. The van der Waals surface area contributed by atoms with Gasteiger partial charge in [0.25, 0.3) is 0 Å². The molecule has 1 spiro atoms. The molecule has 0 aromatic heterocycles. The lowest BCUT2D eigenvalue weighted by Gasteiger charge is -2.66. The minimum atomic E-state index is -0.635. The molecule has 37 heavy (non-hydrogen) atoms. The average molecular weight is 511 g/mol. The minimum Gasteiger partial charge on any atom is -0.393 e. The summed E-state index contributed by atoms with van der Waals surface area (Å²) in [5.41, 5.74) is 1.96. The van der Waals surface area contributed by atoms with Gasteiger partial charge in [-0.2, -0.15) is 0 Å². The van der Waals surface area contributed by atoms with Crippen LogP contribution in [0.25, 0.3) is 0 Å². The Kier molecular flexibility index (Phi) is 6.27. The van der Waals surface area contributed by atoms with Crippen LogP contribution in [0.3, 0.4) is 0 Å². The lowest BCUT2D eigenvalue weighted by Crippen LogP contribution is -2.58. The molecule has 7 rings (SSSR count). The number of fused-ring (bicyclic) bond motifs is 2. The molecule has 6 aliphatic carbocycles. The van der Waals surface area contributed by atoms with Crippen LogP contribution in [0.15, 0.2) is 12.2 Å². The second kappa shape index (κ2) is 9.07. The molecule has 0 aromatic rings. The highest BCUT2D eigenvalue weighted by molar-refractivity contribution is 5.26. The monoisotopic (exact) mass is 510 g/mol. The van der Waals surface area contributed by atoms with Crippen LogP contribution in [0, 0.1) is 40.4 Å². The largest absolute Gasteiger partial charge is 0.393 e. The van der Waals surface area contributed by atoms with Gasteiger partial charge in [0, 0.05) is 11.8 Å². The summed E-state index contributed by atoms with van der Waals surface area (Å²) >= 11 is 0. The number of ether oxygens (including phenoxy) is 1. The topological polar surface area (TPSA) is 53.0 Å². The molecular weight excluding hydrogens is 456 g/mol. The third kappa shape index (κ3) is 4.22. The van der Waals surface area contributed by atoms with Crippen molar-refractivity contribution >= 4 is 0 Å². The van der Waals surface area contributed by atoms with Gasteiger partial charge in [0.1, 0.15) is 0 Å². The van der Waals surface area contributed by atoms with Crippen LogP contribution in [0.1, 0.15) is 135 Å². The summed E-state index contributed by atoms with van der Waals surface area (Å²) in [7, 11) is 0. The van der Waals surface area contributed by atoms with Crippen molar-refractivity contribution in [2.24, 2.45) is 40.4 Å². The minimum absolute atomic E-state index is 0.0889. The van der Waals surface area contributed by atoms with Crippen molar-refractivity contribution in [3.8, 4) is 0 Å². The van der Waals surface area contributed by atoms with Crippen LogP contribution in [-0.2, 0) is 4.74 Å². The van der Waals surface area contributed by atoms with Crippen molar-refractivity contribution in [2.45, 2.75) is 159 Å². The van der Waals surface area contributed by atoms with Crippen molar-refractivity contribution < 1.29 is 14.9 Å². The Morgan fingerprint density at radius 3 is 2.51 bits per heavy atom. The molecule has 3 nitrogen and oxygen atoms in total. The van der Waals surface area contributed by atoms with Gasteiger partial charge in [0.2, 0.25) is 0 Å². The standard InChI is InChI=1S/C34H54O3/c1-23-18-32(16-12-24(19-32)13-17-33(36)14-7-11-27(35)21-33)30-31(2,37-30)20-25-8-6-15-34(22-28(23)29(25)34)26-9-4-3-5-10-26/h24-30,35-36H,1,3-22H2,2H3. The SMILES string of the molecule is C=C1CC2(CCC(CCC3(O)CCCC(O)C3)C2)C2OC2(C)CC2CCCC3(C4CCCCC4)CC1C23. The third-order valence-corrected chi connectivity index (χ3v) is 13.6. The Labute approximate surface area is 226 Å². The van der Waals surface area contributed by atoms with E-state index in [1.165, 1.54) is 89.9 Å². The van der Waals surface area contributed by atoms with E-state index in [1.807, 2.05) is 0 Å². The molecule has 1 aliphatic heterocycles. The van der Waals surface area contributed by atoms with Crippen molar-refractivity contribution in [2.75, 3.05) is 0 Å². The predicted octanol–water partition coefficient (Wildman–Crippen LogP) is 7.73. The summed E-state index contributed by atoms with van der Waals surface area (Å²) in [5.74, 6) is 4.18. The van der Waals surface area contributed by atoms with Crippen LogP contribution in [-0.4, -0.2) is 33.6 Å². The summed E-state index contributed by atoms with van der Waals surface area (Å²) in [5, 5.41) is 21.3. The van der Waals surface area contributed by atoms with E-state index in [-0.39, 0.29) is 17.1 Å². The molecular formula is C34H54O3. The van der Waals surface area contributed by atoms with Gasteiger partial charge in [0.05, 0.1) is 23.4 Å². The van der Waals surface area contributed by atoms with E-state index < -0.39 is 5.60 Å². The molecule has 0 bridgehead atoms. The summed E-state index contributed by atoms with van der Waals surface area (Å²) in [6.07, 6.45) is 24.9. The van der Waals surface area contributed by atoms with Gasteiger partial charge in [-0.25, -0.2) is 0 Å². The quantitative estimate of drug-likeness (QED) is 0.300. The van der Waals surface area contributed by atoms with Gasteiger partial charge in [-0.1, -0.05) is 44.3 Å². The molecule has 2 N–H and O–H groups in total. The van der Waals surface area contributed by atoms with Crippen LogP contribution in [0.2, 0.25) is 0 Å². The maximum Gasteiger partial charge on any atom is 0.0930 e. The molecule has 0 amide bonds. The van der Waals surface area contributed by atoms with E-state index in [0.717, 1.165) is 55.8 Å². The highest BCUT2D eigenvalue weighted by Crippen LogP contribution is 2.73. The number of hydrogen-bond donors (Lipinski definition) is 2. The van der Waals surface area contributed by atoms with E-state index in [1.54, 1.807) is 5.57 Å². The van der Waals surface area contributed by atoms with E-state index >= 15 is 0 Å². The third-order valence-electron chi connectivity index (χ3n) is 13.6. The number of allylic oxidation sites excluding steroid dienone is 1. The second-order valence-electron chi connectivity index (χ2n) is 15.9. The summed E-state index contributed by atoms with van der Waals surface area (Å²) in [4.78, 5) is 0. The van der Waals surface area contributed by atoms with Crippen LogP contribution in [0.5, 0.6) is 0 Å². The summed E-state index contributed by atoms with van der Waals surface area (Å²) in [6.45, 7) is 7.35. The highest BCUT2D eigenvalue weighted by Gasteiger charge is 2.69. The lowest BCUT2D eigenvalue weighted by molar-refractivity contribution is -0.151. The zero-order chi connectivity index (χ0) is 25.5. The van der Waals surface area contributed by atoms with Crippen LogP contribution >= 0.6 is 0 Å². The molecule has 208 valence electrons. The fourth-order valence-electron chi connectivity index (χ4n) is 12.1. The summed E-state index contributed by atoms with van der Waals surface area (Å²) < 4.78 is 6.80. The first kappa shape index (κ1) is 25.6. The zero-order valence-electron chi connectivity index (χ0n) is 23.7. The number of aliphatic hydroxyl groups excluding tert-OH is 1. The Morgan fingerprint density at radius 2 is 1.70 bits per heavy atom. The molecule has 1 saturated heterocycles. The molecule has 6 saturated carbocycles. The number of aliphatic hydroxyl groups is 2. The lowest BCUT2D eigenvalue weighted by atomic mass is 9.39. The van der Waals surface area contributed by atoms with Gasteiger partial charge in [0.15, 0.2) is 0 Å². The molecule has 10 unspecified atom stereocenters. The van der Waals surface area contributed by atoms with Gasteiger partial charge >= 0.3 is 0 Å². The van der Waals surface area contributed by atoms with Gasteiger partial charge in [-0.15, -0.1) is 0 Å². The Hall–Kier alpha value is -0.380. The van der Waals surface area contributed by atoms with E-state index in [2.05, 4.69) is 6.92 Å². The molecule has 3 heteroatoms. The highest BCUT2D eigenvalue weighted by atomic mass is 16.6. The van der Waals surface area contributed by atoms with Crippen molar-refractivity contribution in [3.63, 3.8) is 0 Å². The molecule has 7 fully saturated rings. The van der Waals surface area contributed by atoms with Crippen LogP contribution in [0.4, 0.5) is 0 Å². The maximum absolute atomic E-state index is 11.2. The molecule has 10 atom stereocenters. The average Bonchev–Trinajstić information content (AvgIpc) is 3.34. The number of epoxide rings is 1. The first-order valence-corrected chi connectivity index (χ1v) is 16.5. The van der Waals surface area contributed by atoms with Crippen molar-refractivity contribution in [3.05, 3.63) is 12.2 Å². The zero-order valence-corrected chi connectivity index (χ0v) is 23.7. The first-order valence-electron chi connectivity index (χ1n) is 16.5. The Morgan fingerprint density at radius 1 is 0.892 bits per heavy atom. The van der Waals surface area contributed by atoms with E-state index in [9.17, 15) is 10.2 Å². The van der Waals surface area contributed by atoms with E-state index in [0.29, 0.717) is 23.9 Å². The van der Waals surface area contributed by atoms with E-state index in [4.69, 9.17) is 11.3 Å². The summed E-state index contributed by atoms with van der Waals surface area (Å²) in [6, 6.07) is 0. The smallest absolute Gasteiger partial charge is 0.0930 e. The fourth-order valence-corrected chi connectivity index (χ4v) is 12.1. The van der Waals surface area contributed by atoms with Gasteiger partial charge in [-0.3, -0.25) is 0 Å².